The summed E-state index contributed by atoms with van der Waals surface area (Å²) in [6.45, 7) is 0.198. The molecule has 0 saturated carbocycles. The Morgan fingerprint density at radius 3 is 2.89 bits per heavy atom. The molecule has 8 nitrogen and oxygen atoms in total. The molecule has 1 heterocycles. The summed E-state index contributed by atoms with van der Waals surface area (Å²) in [5, 5.41) is 30.0. The van der Waals surface area contributed by atoms with Crippen LogP contribution >= 0.6 is 11.6 Å². The van der Waals surface area contributed by atoms with Gasteiger partial charge in [-0.05, 0) is 16.4 Å². The Morgan fingerprint density at radius 1 is 1.50 bits per heavy atom. The first-order chi connectivity index (χ1) is 8.63. The molecule has 96 valence electrons. The lowest BCUT2D eigenvalue weighted by Crippen LogP contribution is -2.20. The zero-order valence-corrected chi connectivity index (χ0v) is 9.79. The van der Waals surface area contributed by atoms with Crippen LogP contribution in [0.2, 0.25) is 0 Å². The summed E-state index contributed by atoms with van der Waals surface area (Å²) < 4.78 is 4.50. The van der Waals surface area contributed by atoms with Crippen molar-refractivity contribution >= 4 is 34.0 Å². The molecule has 18 heavy (non-hydrogen) atoms. The third-order valence-corrected chi connectivity index (χ3v) is 2.65. The summed E-state index contributed by atoms with van der Waals surface area (Å²) in [7, 11) is 0. The normalized spacial score (nSPS) is 12.6. The van der Waals surface area contributed by atoms with Crippen molar-refractivity contribution in [1.29, 1.82) is 0 Å². The number of aromatic nitrogens is 2. The summed E-state index contributed by atoms with van der Waals surface area (Å²) in [5.74, 6) is 0.0835. The summed E-state index contributed by atoms with van der Waals surface area (Å²) in [6, 6.07) is 2.77. The maximum Gasteiger partial charge on any atom is 0.300 e. The van der Waals surface area contributed by atoms with Crippen LogP contribution in [0.5, 0.6) is 0 Å². The van der Waals surface area contributed by atoms with Gasteiger partial charge in [-0.1, -0.05) is 0 Å². The molecule has 9 heteroatoms. The maximum atomic E-state index is 10.8. The monoisotopic (exact) mass is 272 g/mol. The van der Waals surface area contributed by atoms with Crippen LogP contribution in [-0.4, -0.2) is 38.9 Å². The molecule has 0 amide bonds. The van der Waals surface area contributed by atoms with Crippen molar-refractivity contribution < 1.29 is 14.7 Å². The van der Waals surface area contributed by atoms with E-state index in [4.69, 9.17) is 11.6 Å². The van der Waals surface area contributed by atoms with Gasteiger partial charge in [-0.2, -0.15) is 0 Å². The Morgan fingerprint density at radius 2 is 2.22 bits per heavy atom. The van der Waals surface area contributed by atoms with Gasteiger partial charge in [0.25, 0.3) is 0 Å². The van der Waals surface area contributed by atoms with Gasteiger partial charge in [0.15, 0.2) is 5.52 Å². The van der Waals surface area contributed by atoms with E-state index in [0.717, 1.165) is 0 Å². The Labute approximate surface area is 106 Å². The van der Waals surface area contributed by atoms with E-state index in [1.165, 1.54) is 12.1 Å². The van der Waals surface area contributed by atoms with Gasteiger partial charge in [0, 0.05) is 12.6 Å². The smallest absolute Gasteiger partial charge is 0.300 e. The first-order valence-corrected chi connectivity index (χ1v) is 5.54. The van der Waals surface area contributed by atoms with Crippen molar-refractivity contribution in [1.82, 2.24) is 10.3 Å². The van der Waals surface area contributed by atoms with E-state index in [2.05, 4.69) is 20.3 Å². The lowest BCUT2D eigenvalue weighted by Gasteiger charge is -2.09. The molecule has 2 aromatic rings. The number of nitrogens with zero attached hydrogens (tertiary/aromatic N) is 3. The minimum absolute atomic E-state index is 0.0605. The van der Waals surface area contributed by atoms with E-state index < -0.39 is 11.0 Å². The quantitative estimate of drug-likeness (QED) is 0.476. The molecule has 1 aromatic carbocycles. The summed E-state index contributed by atoms with van der Waals surface area (Å²) in [6.07, 6.45) is -0.725. The van der Waals surface area contributed by atoms with Crippen molar-refractivity contribution in [2.45, 2.75) is 6.10 Å². The van der Waals surface area contributed by atoms with Crippen LogP contribution in [0.1, 0.15) is 0 Å². The fourth-order valence-corrected chi connectivity index (χ4v) is 1.53. The van der Waals surface area contributed by atoms with Gasteiger partial charge < -0.3 is 10.4 Å². The second kappa shape index (κ2) is 5.15. The number of alkyl halides is 1. The van der Waals surface area contributed by atoms with Crippen molar-refractivity contribution in [3.05, 3.63) is 22.2 Å². The van der Waals surface area contributed by atoms with Crippen molar-refractivity contribution in [3.8, 4) is 0 Å². The van der Waals surface area contributed by atoms with Gasteiger partial charge in [-0.3, -0.25) is 10.1 Å². The van der Waals surface area contributed by atoms with Crippen LogP contribution in [0.3, 0.4) is 0 Å². The predicted molar refractivity (Wildman–Crippen MR) is 63.7 cm³/mol. The van der Waals surface area contributed by atoms with Gasteiger partial charge >= 0.3 is 5.69 Å². The molecular weight excluding hydrogens is 264 g/mol. The number of benzene rings is 1. The number of fused-ring (bicyclic) bond motifs is 1. The highest BCUT2D eigenvalue weighted by atomic mass is 35.5. The van der Waals surface area contributed by atoms with Crippen LogP contribution in [-0.2, 0) is 0 Å². The molecule has 1 atom stereocenters. The number of nitrogens with one attached hydrogen (secondary N) is 1. The van der Waals surface area contributed by atoms with E-state index in [1.807, 2.05) is 0 Å². The Kier molecular flexibility index (Phi) is 3.58. The first-order valence-electron chi connectivity index (χ1n) is 5.01. The predicted octanol–water partition coefficient (Wildman–Crippen LogP) is 1.14. The molecule has 0 fully saturated rings. The zero-order chi connectivity index (χ0) is 13.1. The van der Waals surface area contributed by atoms with E-state index in [1.54, 1.807) is 0 Å². The molecule has 0 saturated heterocycles. The lowest BCUT2D eigenvalue weighted by atomic mass is 10.2. The molecule has 1 aromatic heterocycles. The van der Waals surface area contributed by atoms with Gasteiger partial charge in [0.05, 0.1) is 22.6 Å². The molecule has 2 rings (SSSR count). The van der Waals surface area contributed by atoms with E-state index in [0.29, 0.717) is 5.69 Å². The fourth-order valence-electron chi connectivity index (χ4n) is 1.43. The standard InChI is InChI=1S/C9H9ClN4O4/c10-3-5(15)4-11-6-1-2-7(14(16)17)9-8(6)12-18-13-9/h1-2,5,11,15H,3-4H2. The molecule has 0 radical (unpaired) electrons. The largest absolute Gasteiger partial charge is 0.390 e. The molecule has 0 aliphatic rings. The number of anilines is 1. The van der Waals surface area contributed by atoms with Gasteiger partial charge in [-0.25, -0.2) is 4.63 Å². The Balaban J connectivity index is 2.33. The van der Waals surface area contributed by atoms with E-state index >= 15 is 0 Å². The number of non-ortho nitro benzene ring substituents is 1. The highest BCUT2D eigenvalue weighted by Gasteiger charge is 2.19. The van der Waals surface area contributed by atoms with Crippen molar-refractivity contribution in [3.63, 3.8) is 0 Å². The first kappa shape index (κ1) is 12.5. The third-order valence-electron chi connectivity index (χ3n) is 2.30. The Hall–Kier alpha value is -1.93. The number of nitro benzene ring substituents is 1. The maximum absolute atomic E-state index is 10.8. The second-order valence-corrected chi connectivity index (χ2v) is 3.85. The fraction of sp³-hybridized carbons (Fsp3) is 0.333. The number of rotatable bonds is 5. The van der Waals surface area contributed by atoms with Crippen LogP contribution in [0.15, 0.2) is 16.8 Å². The van der Waals surface area contributed by atoms with Gasteiger partial charge in [0.2, 0.25) is 5.52 Å². The van der Waals surface area contributed by atoms with Gasteiger partial charge in [0.1, 0.15) is 0 Å². The number of nitro groups is 1. The zero-order valence-electron chi connectivity index (χ0n) is 9.04. The highest BCUT2D eigenvalue weighted by Crippen LogP contribution is 2.28. The summed E-state index contributed by atoms with van der Waals surface area (Å²) in [5.41, 5.74) is 0.604. The van der Waals surface area contributed by atoms with Crippen LogP contribution in [0, 0.1) is 10.1 Å². The average molecular weight is 273 g/mol. The molecule has 2 N–H and O–H groups in total. The third kappa shape index (κ3) is 2.34. The minimum Gasteiger partial charge on any atom is -0.390 e. The number of hydrogen-bond acceptors (Lipinski definition) is 7. The van der Waals surface area contributed by atoms with Crippen LogP contribution < -0.4 is 5.32 Å². The van der Waals surface area contributed by atoms with Gasteiger partial charge in [-0.15, -0.1) is 11.6 Å². The summed E-state index contributed by atoms with van der Waals surface area (Å²) in [4.78, 5) is 10.2. The summed E-state index contributed by atoms with van der Waals surface area (Å²) >= 11 is 5.46. The average Bonchev–Trinajstić information content (AvgIpc) is 2.84. The minimum atomic E-state index is -0.725. The van der Waals surface area contributed by atoms with E-state index in [-0.39, 0.29) is 29.1 Å². The molecule has 0 aliphatic heterocycles. The molecule has 0 bridgehead atoms. The van der Waals surface area contributed by atoms with Crippen molar-refractivity contribution in [2.75, 3.05) is 17.7 Å². The molecule has 0 aliphatic carbocycles. The molecule has 0 spiro atoms. The number of aliphatic hydroxyl groups excluding tert-OH is 1. The number of hydrogen-bond donors (Lipinski definition) is 2. The number of aliphatic hydroxyl groups is 1. The van der Waals surface area contributed by atoms with Crippen LogP contribution in [0.25, 0.3) is 11.0 Å². The van der Waals surface area contributed by atoms with Crippen LogP contribution in [0.4, 0.5) is 11.4 Å². The number of halogens is 1. The molecular formula is C9H9ClN4O4. The Bertz CT molecular complexity index is 573. The topological polar surface area (TPSA) is 114 Å². The SMILES string of the molecule is O=[N+]([O-])c1ccc(NCC(O)CCl)c2nonc12. The molecule has 1 unspecified atom stereocenters. The second-order valence-electron chi connectivity index (χ2n) is 3.54. The van der Waals surface area contributed by atoms with Crippen molar-refractivity contribution in [2.24, 2.45) is 0 Å². The highest BCUT2D eigenvalue weighted by molar-refractivity contribution is 6.18. The lowest BCUT2D eigenvalue weighted by molar-refractivity contribution is -0.383. The van der Waals surface area contributed by atoms with E-state index in [9.17, 15) is 15.2 Å².